The molecule has 0 aliphatic carbocycles. The Morgan fingerprint density at radius 3 is 2.69 bits per heavy atom. The van der Waals surface area contributed by atoms with Crippen LogP contribution in [0.5, 0.6) is 0 Å². The molecule has 0 bridgehead atoms. The first kappa shape index (κ1) is 17.8. The van der Waals surface area contributed by atoms with E-state index in [-0.39, 0.29) is 18.0 Å². The Kier molecular flexibility index (Phi) is 5.72. The maximum Gasteiger partial charge on any atom is 0.306 e. The molecule has 3 heterocycles. The van der Waals surface area contributed by atoms with E-state index < -0.39 is 4.92 Å². The zero-order valence-electron chi connectivity index (χ0n) is 14.3. The normalized spacial score (nSPS) is 15.0. The van der Waals surface area contributed by atoms with Gasteiger partial charge in [-0.25, -0.2) is 9.97 Å². The van der Waals surface area contributed by atoms with E-state index >= 15 is 0 Å². The topological polar surface area (TPSA) is 119 Å². The van der Waals surface area contributed by atoms with Gasteiger partial charge in [-0.2, -0.15) is 5.10 Å². The molecule has 2 aromatic rings. The van der Waals surface area contributed by atoms with Crippen molar-refractivity contribution in [1.82, 2.24) is 25.1 Å². The third-order valence-corrected chi connectivity index (χ3v) is 4.44. The summed E-state index contributed by atoms with van der Waals surface area (Å²) in [5.41, 5.74) is -0.0698. The standard InChI is InChI=1S/C16H21N7O3/c24-15(4-9-22-12-14(11-20-22)23(25)26)19-10-13-2-7-21(8-3-13)16-17-5-1-6-18-16/h1,5-6,11-13H,2-4,7-10H2,(H,19,24). The van der Waals surface area contributed by atoms with Gasteiger partial charge in [0.25, 0.3) is 0 Å². The zero-order chi connectivity index (χ0) is 18.4. The highest BCUT2D eigenvalue weighted by Crippen LogP contribution is 2.19. The Bertz CT molecular complexity index is 741. The van der Waals surface area contributed by atoms with Crippen LogP contribution in [0.25, 0.3) is 0 Å². The largest absolute Gasteiger partial charge is 0.356 e. The summed E-state index contributed by atoms with van der Waals surface area (Å²) in [5.74, 6) is 1.12. The van der Waals surface area contributed by atoms with Crippen molar-refractivity contribution in [1.29, 1.82) is 0 Å². The number of hydrogen-bond donors (Lipinski definition) is 1. The van der Waals surface area contributed by atoms with Gasteiger partial charge in [-0.3, -0.25) is 19.6 Å². The van der Waals surface area contributed by atoms with Gasteiger partial charge in [0.05, 0.1) is 4.92 Å². The number of nitro groups is 1. The highest BCUT2D eigenvalue weighted by Gasteiger charge is 2.21. The molecule has 2 aromatic heterocycles. The summed E-state index contributed by atoms with van der Waals surface area (Å²) in [6.07, 6.45) is 8.19. The summed E-state index contributed by atoms with van der Waals surface area (Å²) >= 11 is 0. The van der Waals surface area contributed by atoms with Gasteiger partial charge in [-0.05, 0) is 24.8 Å². The molecule has 0 spiro atoms. The van der Waals surface area contributed by atoms with Crippen molar-refractivity contribution < 1.29 is 9.72 Å². The number of piperidine rings is 1. The lowest BCUT2D eigenvalue weighted by Gasteiger charge is -2.31. The van der Waals surface area contributed by atoms with Crippen LogP contribution >= 0.6 is 0 Å². The predicted molar refractivity (Wildman–Crippen MR) is 93.5 cm³/mol. The SMILES string of the molecule is O=C(CCn1cc([N+](=O)[O-])cn1)NCC1CCN(c2ncccn2)CC1. The number of aromatic nitrogens is 4. The molecule has 10 heteroatoms. The van der Waals surface area contributed by atoms with Gasteiger partial charge in [0.15, 0.2) is 0 Å². The molecular weight excluding hydrogens is 338 g/mol. The minimum atomic E-state index is -0.504. The quantitative estimate of drug-likeness (QED) is 0.578. The van der Waals surface area contributed by atoms with E-state index in [9.17, 15) is 14.9 Å². The third-order valence-electron chi connectivity index (χ3n) is 4.44. The van der Waals surface area contributed by atoms with E-state index in [0.717, 1.165) is 31.9 Å². The Morgan fingerprint density at radius 2 is 2.04 bits per heavy atom. The van der Waals surface area contributed by atoms with E-state index in [1.165, 1.54) is 17.1 Å². The second-order valence-corrected chi connectivity index (χ2v) is 6.25. The van der Waals surface area contributed by atoms with Gasteiger partial charge in [0.1, 0.15) is 12.4 Å². The Hall–Kier alpha value is -3.04. The van der Waals surface area contributed by atoms with Crippen LogP contribution in [0.1, 0.15) is 19.3 Å². The smallest absolute Gasteiger partial charge is 0.306 e. The molecule has 1 N–H and O–H groups in total. The Morgan fingerprint density at radius 1 is 1.31 bits per heavy atom. The fourth-order valence-electron chi connectivity index (χ4n) is 2.92. The molecule has 138 valence electrons. The minimum Gasteiger partial charge on any atom is -0.356 e. The second-order valence-electron chi connectivity index (χ2n) is 6.25. The number of hydrogen-bond acceptors (Lipinski definition) is 7. The number of anilines is 1. The highest BCUT2D eigenvalue weighted by atomic mass is 16.6. The molecule has 1 fully saturated rings. The van der Waals surface area contributed by atoms with Crippen LogP contribution in [0.4, 0.5) is 11.6 Å². The van der Waals surface area contributed by atoms with Crippen LogP contribution in [-0.2, 0) is 11.3 Å². The van der Waals surface area contributed by atoms with E-state index in [0.29, 0.717) is 19.0 Å². The van der Waals surface area contributed by atoms with E-state index in [1.54, 1.807) is 18.5 Å². The van der Waals surface area contributed by atoms with E-state index in [2.05, 4.69) is 25.3 Å². The first-order chi connectivity index (χ1) is 12.6. The summed E-state index contributed by atoms with van der Waals surface area (Å²) < 4.78 is 1.41. The number of carbonyl (C=O) groups excluding carboxylic acids is 1. The van der Waals surface area contributed by atoms with Crippen molar-refractivity contribution in [2.24, 2.45) is 5.92 Å². The number of carbonyl (C=O) groups is 1. The first-order valence-electron chi connectivity index (χ1n) is 8.57. The fourth-order valence-corrected chi connectivity index (χ4v) is 2.92. The van der Waals surface area contributed by atoms with Crippen molar-refractivity contribution in [3.63, 3.8) is 0 Å². The number of nitrogens with zero attached hydrogens (tertiary/aromatic N) is 6. The van der Waals surface area contributed by atoms with Crippen LogP contribution in [0, 0.1) is 16.0 Å². The molecule has 0 radical (unpaired) electrons. The molecule has 1 aliphatic heterocycles. The van der Waals surface area contributed by atoms with Gasteiger partial charge in [-0.15, -0.1) is 0 Å². The molecule has 0 saturated carbocycles. The fraction of sp³-hybridized carbons (Fsp3) is 0.500. The van der Waals surface area contributed by atoms with Crippen molar-refractivity contribution in [2.75, 3.05) is 24.5 Å². The van der Waals surface area contributed by atoms with Crippen LogP contribution in [0.15, 0.2) is 30.9 Å². The van der Waals surface area contributed by atoms with Crippen LogP contribution in [0.2, 0.25) is 0 Å². The third kappa shape index (κ3) is 4.74. The average Bonchev–Trinajstić information content (AvgIpc) is 3.15. The van der Waals surface area contributed by atoms with Gasteiger partial charge in [0.2, 0.25) is 11.9 Å². The van der Waals surface area contributed by atoms with Gasteiger partial charge < -0.3 is 10.2 Å². The van der Waals surface area contributed by atoms with Crippen molar-refractivity contribution >= 4 is 17.5 Å². The molecule has 1 saturated heterocycles. The number of amides is 1. The van der Waals surface area contributed by atoms with Crippen molar-refractivity contribution in [2.45, 2.75) is 25.8 Å². The van der Waals surface area contributed by atoms with Crippen LogP contribution < -0.4 is 10.2 Å². The van der Waals surface area contributed by atoms with Crippen LogP contribution in [-0.4, -0.2) is 50.2 Å². The van der Waals surface area contributed by atoms with Gasteiger partial charge in [-0.1, -0.05) is 0 Å². The minimum absolute atomic E-state index is 0.0698. The lowest BCUT2D eigenvalue weighted by atomic mass is 9.97. The summed E-state index contributed by atoms with van der Waals surface area (Å²) in [6.45, 7) is 2.72. The molecule has 0 atom stereocenters. The Balaban J connectivity index is 1.35. The maximum atomic E-state index is 12.0. The second kappa shape index (κ2) is 8.37. The Labute approximate surface area is 150 Å². The molecule has 0 unspecified atom stereocenters. The summed E-state index contributed by atoms with van der Waals surface area (Å²) in [7, 11) is 0. The van der Waals surface area contributed by atoms with E-state index in [1.807, 2.05) is 0 Å². The van der Waals surface area contributed by atoms with Crippen molar-refractivity contribution in [3.8, 4) is 0 Å². The zero-order valence-corrected chi connectivity index (χ0v) is 14.3. The lowest BCUT2D eigenvalue weighted by molar-refractivity contribution is -0.385. The first-order valence-corrected chi connectivity index (χ1v) is 8.57. The molecular formula is C16H21N7O3. The predicted octanol–water partition coefficient (Wildman–Crippen LogP) is 1.00. The molecule has 0 aromatic carbocycles. The molecule has 3 rings (SSSR count). The molecule has 1 aliphatic rings. The average molecular weight is 359 g/mol. The monoisotopic (exact) mass is 359 g/mol. The van der Waals surface area contributed by atoms with Crippen LogP contribution in [0.3, 0.4) is 0 Å². The lowest BCUT2D eigenvalue weighted by Crippen LogP contribution is -2.39. The van der Waals surface area contributed by atoms with Gasteiger partial charge in [0, 0.05) is 45.0 Å². The van der Waals surface area contributed by atoms with E-state index in [4.69, 9.17) is 0 Å². The van der Waals surface area contributed by atoms with Gasteiger partial charge >= 0.3 is 5.69 Å². The summed E-state index contributed by atoms with van der Waals surface area (Å²) in [4.78, 5) is 32.8. The molecule has 10 nitrogen and oxygen atoms in total. The summed E-state index contributed by atoms with van der Waals surface area (Å²) in [5, 5.41) is 17.4. The number of aryl methyl sites for hydroxylation is 1. The maximum absolute atomic E-state index is 12.0. The molecule has 26 heavy (non-hydrogen) atoms. The highest BCUT2D eigenvalue weighted by molar-refractivity contribution is 5.75. The van der Waals surface area contributed by atoms with Crippen molar-refractivity contribution in [3.05, 3.63) is 41.0 Å². The number of rotatable bonds is 7. The number of nitrogens with one attached hydrogen (secondary N) is 1. The molecule has 1 amide bonds. The summed E-state index contributed by atoms with van der Waals surface area (Å²) in [6, 6.07) is 1.80.